The van der Waals surface area contributed by atoms with Crippen molar-refractivity contribution in [3.05, 3.63) is 0 Å². The zero-order valence-electron chi connectivity index (χ0n) is 42.3. The summed E-state index contributed by atoms with van der Waals surface area (Å²) in [5, 5.41) is 0. The second kappa shape index (κ2) is 50.4. The second-order valence-corrected chi connectivity index (χ2v) is 19.7. The van der Waals surface area contributed by atoms with Gasteiger partial charge in [0.05, 0.1) is 0 Å². The lowest BCUT2D eigenvalue weighted by Crippen LogP contribution is -2.30. The fourth-order valence-electron chi connectivity index (χ4n) is 8.57. The van der Waals surface area contributed by atoms with Crippen molar-refractivity contribution < 1.29 is 28.6 Å². The highest BCUT2D eigenvalue weighted by Gasteiger charge is 2.19. The van der Waals surface area contributed by atoms with E-state index >= 15 is 0 Å². The van der Waals surface area contributed by atoms with Crippen LogP contribution in [0.5, 0.6) is 0 Å². The number of rotatable bonds is 51. The molecule has 0 aliphatic carbocycles. The summed E-state index contributed by atoms with van der Waals surface area (Å²) in [6.45, 7) is 9.04. The first-order valence-corrected chi connectivity index (χ1v) is 27.9. The summed E-state index contributed by atoms with van der Waals surface area (Å²) in [7, 11) is 0. The third-order valence-corrected chi connectivity index (χ3v) is 12.8. The lowest BCUT2D eigenvalue weighted by molar-refractivity contribution is -0.167. The van der Waals surface area contributed by atoms with Crippen molar-refractivity contribution in [1.29, 1.82) is 0 Å². The number of ether oxygens (including phenoxy) is 3. The highest BCUT2D eigenvalue weighted by molar-refractivity contribution is 5.71. The van der Waals surface area contributed by atoms with E-state index in [4.69, 9.17) is 14.2 Å². The lowest BCUT2D eigenvalue weighted by Gasteiger charge is -2.18. The van der Waals surface area contributed by atoms with E-state index in [9.17, 15) is 14.4 Å². The molecule has 6 nitrogen and oxygen atoms in total. The monoisotopic (exact) mass is 877 g/mol. The number of carbonyl (C=O) groups is 3. The fourth-order valence-corrected chi connectivity index (χ4v) is 8.57. The van der Waals surface area contributed by atoms with Crippen LogP contribution in [0.1, 0.15) is 317 Å². The Hall–Kier alpha value is -1.59. The summed E-state index contributed by atoms with van der Waals surface area (Å²) < 4.78 is 16.8. The molecule has 6 heteroatoms. The van der Waals surface area contributed by atoms with Gasteiger partial charge in [0.15, 0.2) is 6.10 Å². The van der Waals surface area contributed by atoms with E-state index in [0.717, 1.165) is 63.7 Å². The van der Waals surface area contributed by atoms with E-state index in [-0.39, 0.29) is 31.1 Å². The Morgan fingerprint density at radius 2 is 0.532 bits per heavy atom. The van der Waals surface area contributed by atoms with Gasteiger partial charge in [0, 0.05) is 19.3 Å². The zero-order valence-corrected chi connectivity index (χ0v) is 42.3. The van der Waals surface area contributed by atoms with E-state index in [1.807, 2.05) is 0 Å². The molecule has 0 aromatic heterocycles. The molecule has 0 bridgehead atoms. The molecule has 0 aromatic carbocycles. The Morgan fingerprint density at radius 1 is 0.306 bits per heavy atom. The first-order valence-electron chi connectivity index (χ1n) is 27.9. The molecule has 0 heterocycles. The van der Waals surface area contributed by atoms with Crippen LogP contribution in [0.2, 0.25) is 0 Å². The van der Waals surface area contributed by atoms with Gasteiger partial charge in [-0.3, -0.25) is 14.4 Å². The maximum Gasteiger partial charge on any atom is 0.306 e. The standard InChI is InChI=1S/C56H108O6/c1-5-7-9-11-13-15-16-17-18-22-26-29-33-37-41-45-49-56(59)62-53(50-60-54(57)47-43-39-35-30-14-12-10-8-6-2)51-61-55(58)48-44-40-36-32-28-25-23-20-19-21-24-27-31-34-38-42-46-52(3)4/h52-53H,5-51H2,1-4H3/t53-/m0/s1. The molecule has 0 fully saturated rings. The zero-order chi connectivity index (χ0) is 45.2. The first-order chi connectivity index (χ1) is 30.4. The number of esters is 3. The molecular weight excluding hydrogens is 769 g/mol. The minimum Gasteiger partial charge on any atom is -0.462 e. The molecule has 1 atom stereocenters. The molecule has 0 saturated heterocycles. The van der Waals surface area contributed by atoms with Crippen LogP contribution in [-0.4, -0.2) is 37.2 Å². The molecule has 0 radical (unpaired) electrons. The van der Waals surface area contributed by atoms with Gasteiger partial charge in [0.25, 0.3) is 0 Å². The summed E-state index contributed by atoms with van der Waals surface area (Å²) in [6, 6.07) is 0. The largest absolute Gasteiger partial charge is 0.462 e. The van der Waals surface area contributed by atoms with Crippen molar-refractivity contribution >= 4 is 17.9 Å². The van der Waals surface area contributed by atoms with E-state index in [1.54, 1.807) is 0 Å². The minimum atomic E-state index is -0.760. The molecule has 0 N–H and O–H groups in total. The highest BCUT2D eigenvalue weighted by atomic mass is 16.6. The van der Waals surface area contributed by atoms with E-state index in [0.29, 0.717) is 19.3 Å². The van der Waals surface area contributed by atoms with Crippen LogP contribution >= 0.6 is 0 Å². The average Bonchev–Trinajstić information content (AvgIpc) is 3.26. The molecular formula is C56H108O6. The van der Waals surface area contributed by atoms with Crippen LogP contribution < -0.4 is 0 Å². The predicted octanol–water partition coefficient (Wildman–Crippen LogP) is 18.2. The van der Waals surface area contributed by atoms with E-state index in [2.05, 4.69) is 27.7 Å². The molecule has 0 amide bonds. The van der Waals surface area contributed by atoms with Crippen molar-refractivity contribution in [2.45, 2.75) is 323 Å². The third-order valence-electron chi connectivity index (χ3n) is 12.8. The SMILES string of the molecule is CCCCCCCCCCCCCCCCCCC(=O)O[C@@H](COC(=O)CCCCCCCCCCC)COC(=O)CCCCCCCCCCCCCCCCCCC(C)C. The van der Waals surface area contributed by atoms with Gasteiger partial charge in [-0.05, 0) is 25.2 Å². The maximum atomic E-state index is 12.8. The Morgan fingerprint density at radius 3 is 0.790 bits per heavy atom. The molecule has 0 aromatic rings. The Labute approximate surface area is 387 Å². The summed E-state index contributed by atoms with van der Waals surface area (Å²) >= 11 is 0. The van der Waals surface area contributed by atoms with E-state index in [1.165, 1.54) is 212 Å². The summed E-state index contributed by atoms with van der Waals surface area (Å²) in [4.78, 5) is 38.0. The van der Waals surface area contributed by atoms with Crippen LogP contribution in [0.4, 0.5) is 0 Å². The van der Waals surface area contributed by atoms with Crippen LogP contribution in [-0.2, 0) is 28.6 Å². The Kier molecular flexibility index (Phi) is 49.1. The summed E-state index contributed by atoms with van der Waals surface area (Å²) in [5.41, 5.74) is 0. The minimum absolute atomic E-state index is 0.0622. The quantitative estimate of drug-likeness (QED) is 0.0344. The molecule has 0 aliphatic heterocycles. The van der Waals surface area contributed by atoms with Crippen molar-refractivity contribution in [1.82, 2.24) is 0 Å². The maximum absolute atomic E-state index is 12.8. The van der Waals surface area contributed by atoms with Gasteiger partial charge in [-0.15, -0.1) is 0 Å². The van der Waals surface area contributed by atoms with Gasteiger partial charge in [-0.1, -0.05) is 278 Å². The van der Waals surface area contributed by atoms with Crippen molar-refractivity contribution in [2.75, 3.05) is 13.2 Å². The van der Waals surface area contributed by atoms with Crippen LogP contribution in [0.15, 0.2) is 0 Å². The number of carbonyl (C=O) groups excluding carboxylic acids is 3. The molecule has 368 valence electrons. The summed E-state index contributed by atoms with van der Waals surface area (Å²) in [6.07, 6.45) is 53.8. The Bertz CT molecular complexity index is 933. The van der Waals surface area contributed by atoms with Crippen LogP contribution in [0, 0.1) is 5.92 Å². The Balaban J connectivity index is 4.21. The first kappa shape index (κ1) is 60.4. The van der Waals surface area contributed by atoms with Gasteiger partial charge in [0.2, 0.25) is 0 Å². The average molecular weight is 877 g/mol. The molecule has 0 rings (SSSR count). The van der Waals surface area contributed by atoms with Gasteiger partial charge in [-0.2, -0.15) is 0 Å². The van der Waals surface area contributed by atoms with Crippen LogP contribution in [0.3, 0.4) is 0 Å². The van der Waals surface area contributed by atoms with E-state index < -0.39 is 6.10 Å². The van der Waals surface area contributed by atoms with Gasteiger partial charge < -0.3 is 14.2 Å². The van der Waals surface area contributed by atoms with Gasteiger partial charge >= 0.3 is 17.9 Å². The topological polar surface area (TPSA) is 78.9 Å². The number of unbranched alkanes of at least 4 members (excludes halogenated alkanes) is 38. The highest BCUT2D eigenvalue weighted by Crippen LogP contribution is 2.18. The third kappa shape index (κ3) is 49.4. The summed E-state index contributed by atoms with van der Waals surface area (Å²) in [5.74, 6) is 0.0118. The molecule has 0 unspecified atom stereocenters. The molecule has 0 spiro atoms. The molecule has 0 aliphatic rings. The van der Waals surface area contributed by atoms with Crippen LogP contribution in [0.25, 0.3) is 0 Å². The van der Waals surface area contributed by atoms with Gasteiger partial charge in [0.1, 0.15) is 13.2 Å². The number of hydrogen-bond acceptors (Lipinski definition) is 6. The fraction of sp³-hybridized carbons (Fsp3) is 0.946. The van der Waals surface area contributed by atoms with Crippen molar-refractivity contribution in [3.63, 3.8) is 0 Å². The predicted molar refractivity (Wildman–Crippen MR) is 266 cm³/mol. The van der Waals surface area contributed by atoms with Crippen molar-refractivity contribution in [3.8, 4) is 0 Å². The van der Waals surface area contributed by atoms with Gasteiger partial charge in [-0.25, -0.2) is 0 Å². The second-order valence-electron chi connectivity index (χ2n) is 19.7. The number of hydrogen-bond donors (Lipinski definition) is 0. The molecule has 0 saturated carbocycles. The smallest absolute Gasteiger partial charge is 0.306 e. The molecule has 62 heavy (non-hydrogen) atoms. The van der Waals surface area contributed by atoms with Crippen molar-refractivity contribution in [2.24, 2.45) is 5.92 Å². The normalized spacial score (nSPS) is 12.0. The lowest BCUT2D eigenvalue weighted by atomic mass is 10.0.